The molecule has 0 spiro atoms. The first-order valence-electron chi connectivity index (χ1n) is 2.80. The lowest BCUT2D eigenvalue weighted by Gasteiger charge is -1.97. The molecule has 0 bridgehead atoms. The van der Waals surface area contributed by atoms with Crippen LogP contribution in [0.5, 0.6) is 0 Å². The lowest BCUT2D eigenvalue weighted by molar-refractivity contribution is -0.146. The number of rotatable bonds is 3. The number of esters is 2. The van der Waals surface area contributed by atoms with Gasteiger partial charge in [0.1, 0.15) is 0 Å². The van der Waals surface area contributed by atoms with Crippen LogP contribution in [0.2, 0.25) is 0 Å². The summed E-state index contributed by atoms with van der Waals surface area (Å²) in [6.45, 7) is 1.91. The van der Waals surface area contributed by atoms with E-state index in [2.05, 4.69) is 9.47 Å². The van der Waals surface area contributed by atoms with Crippen LogP contribution in [0.15, 0.2) is 0 Å². The molecule has 0 saturated carbocycles. The molecule has 0 N–H and O–H groups in total. The molecular weight excluding hydrogens is 136 g/mol. The van der Waals surface area contributed by atoms with E-state index >= 15 is 0 Å². The number of hydrogen-bond donors (Lipinski definition) is 0. The highest BCUT2D eigenvalue weighted by atomic mass is 16.5. The smallest absolute Gasteiger partial charge is 0.321 e. The van der Waals surface area contributed by atoms with Gasteiger partial charge in [-0.2, -0.15) is 0 Å². The lowest BCUT2D eigenvalue weighted by Crippen LogP contribution is -2.12. The topological polar surface area (TPSA) is 52.6 Å². The van der Waals surface area contributed by atoms with Crippen LogP contribution in [0.4, 0.5) is 0 Å². The zero-order chi connectivity index (χ0) is 7.98. The third kappa shape index (κ3) is 3.88. The van der Waals surface area contributed by atoms with Crippen molar-refractivity contribution in [2.24, 2.45) is 0 Å². The Morgan fingerprint density at radius 3 is 2.40 bits per heavy atom. The highest BCUT2D eigenvalue weighted by Gasteiger charge is 2.09. The average Bonchev–Trinajstić information content (AvgIpc) is 1.88. The number of hydrogen-bond acceptors (Lipinski definition) is 4. The summed E-state index contributed by atoms with van der Waals surface area (Å²) >= 11 is 0. The lowest BCUT2D eigenvalue weighted by atomic mass is 10.4. The zero-order valence-corrected chi connectivity index (χ0v) is 5.92. The minimum Gasteiger partial charge on any atom is -0.468 e. The molecule has 0 atom stereocenters. The van der Waals surface area contributed by atoms with Gasteiger partial charge in [-0.1, -0.05) is 0 Å². The molecule has 0 aromatic heterocycles. The minimum absolute atomic E-state index is 0.256. The van der Waals surface area contributed by atoms with Crippen molar-refractivity contribution in [3.63, 3.8) is 0 Å². The molecule has 57 valence electrons. The summed E-state index contributed by atoms with van der Waals surface area (Å²) in [5, 5.41) is 0. The molecule has 0 aliphatic heterocycles. The van der Waals surface area contributed by atoms with Crippen LogP contribution in [0, 0.1) is 6.42 Å². The first-order valence-corrected chi connectivity index (χ1v) is 2.80. The van der Waals surface area contributed by atoms with E-state index in [0.717, 1.165) is 6.42 Å². The predicted octanol–water partition coefficient (Wildman–Crippen LogP) is -0.0732. The fraction of sp³-hybridized carbons (Fsp3) is 0.500. The van der Waals surface area contributed by atoms with Crippen LogP contribution in [-0.4, -0.2) is 25.7 Å². The second kappa shape index (κ2) is 4.78. The molecule has 1 radical (unpaired) electrons. The van der Waals surface area contributed by atoms with E-state index in [1.54, 1.807) is 6.92 Å². The summed E-state index contributed by atoms with van der Waals surface area (Å²) in [5.74, 6) is -1.37. The van der Waals surface area contributed by atoms with Crippen molar-refractivity contribution in [3.8, 4) is 0 Å². The van der Waals surface area contributed by atoms with Crippen LogP contribution in [0.1, 0.15) is 6.92 Å². The van der Waals surface area contributed by atoms with Crippen molar-refractivity contribution in [2.45, 2.75) is 6.92 Å². The van der Waals surface area contributed by atoms with Gasteiger partial charge in [0, 0.05) is 0 Å². The summed E-state index contributed by atoms with van der Waals surface area (Å²) < 4.78 is 8.59. The molecule has 0 aliphatic rings. The molecule has 0 aliphatic carbocycles. The monoisotopic (exact) mass is 145 g/mol. The van der Waals surface area contributed by atoms with Gasteiger partial charge in [0.2, 0.25) is 0 Å². The maximum Gasteiger partial charge on any atom is 0.321 e. The highest BCUT2D eigenvalue weighted by Crippen LogP contribution is 1.86. The molecule has 4 nitrogen and oxygen atoms in total. The largest absolute Gasteiger partial charge is 0.468 e. The van der Waals surface area contributed by atoms with Crippen molar-refractivity contribution in [1.82, 2.24) is 0 Å². The Balaban J connectivity index is 3.47. The van der Waals surface area contributed by atoms with Gasteiger partial charge in [0.25, 0.3) is 0 Å². The van der Waals surface area contributed by atoms with Crippen molar-refractivity contribution in [3.05, 3.63) is 6.42 Å². The fourth-order valence-corrected chi connectivity index (χ4v) is 0.339. The van der Waals surface area contributed by atoms with Gasteiger partial charge in [-0.3, -0.25) is 9.59 Å². The third-order valence-electron chi connectivity index (χ3n) is 0.723. The first-order chi connectivity index (χ1) is 4.70. The van der Waals surface area contributed by atoms with Crippen molar-refractivity contribution < 1.29 is 19.1 Å². The summed E-state index contributed by atoms with van der Waals surface area (Å²) in [5.41, 5.74) is 0. The average molecular weight is 145 g/mol. The second-order valence-corrected chi connectivity index (χ2v) is 1.42. The Bertz CT molecular complexity index is 130. The molecule has 0 aromatic rings. The van der Waals surface area contributed by atoms with E-state index in [0.29, 0.717) is 0 Å². The van der Waals surface area contributed by atoms with Gasteiger partial charge in [0.05, 0.1) is 13.7 Å². The minimum atomic E-state index is -0.696. The molecule has 0 amide bonds. The maximum atomic E-state index is 10.4. The van der Waals surface area contributed by atoms with Crippen LogP contribution in [0.3, 0.4) is 0 Å². The number of methoxy groups -OCH3 is 1. The van der Waals surface area contributed by atoms with E-state index in [1.165, 1.54) is 7.11 Å². The molecule has 0 unspecified atom stereocenters. The molecule has 10 heavy (non-hydrogen) atoms. The SMILES string of the molecule is CCOC(=O)[CH]C(=O)OC. The van der Waals surface area contributed by atoms with Crippen molar-refractivity contribution in [2.75, 3.05) is 13.7 Å². The highest BCUT2D eigenvalue weighted by molar-refractivity contribution is 6.03. The van der Waals surface area contributed by atoms with Crippen molar-refractivity contribution >= 4 is 11.9 Å². The zero-order valence-electron chi connectivity index (χ0n) is 5.92. The van der Waals surface area contributed by atoms with Crippen LogP contribution >= 0.6 is 0 Å². The fourth-order valence-electron chi connectivity index (χ4n) is 0.339. The molecule has 0 fully saturated rings. The van der Waals surface area contributed by atoms with E-state index in [1.807, 2.05) is 0 Å². The number of carbonyl (C=O) groups excluding carboxylic acids is 2. The Hall–Kier alpha value is -1.06. The van der Waals surface area contributed by atoms with Gasteiger partial charge in [-0.15, -0.1) is 0 Å². The van der Waals surface area contributed by atoms with Crippen LogP contribution in [0.25, 0.3) is 0 Å². The predicted molar refractivity (Wildman–Crippen MR) is 32.9 cm³/mol. The maximum absolute atomic E-state index is 10.4. The van der Waals surface area contributed by atoms with E-state index in [9.17, 15) is 9.59 Å². The summed E-state index contributed by atoms with van der Waals surface area (Å²) in [6, 6.07) is 0. The van der Waals surface area contributed by atoms with Gasteiger partial charge in [-0.05, 0) is 6.92 Å². The molecule has 0 saturated heterocycles. The Kier molecular flexibility index (Phi) is 4.28. The van der Waals surface area contributed by atoms with Gasteiger partial charge >= 0.3 is 11.9 Å². The van der Waals surface area contributed by atoms with Gasteiger partial charge in [0.15, 0.2) is 6.42 Å². The summed E-state index contributed by atoms with van der Waals surface area (Å²) in [4.78, 5) is 20.8. The van der Waals surface area contributed by atoms with Crippen molar-refractivity contribution in [1.29, 1.82) is 0 Å². The van der Waals surface area contributed by atoms with E-state index in [-0.39, 0.29) is 6.61 Å². The van der Waals surface area contributed by atoms with E-state index in [4.69, 9.17) is 0 Å². The molecule has 0 heterocycles. The Labute approximate surface area is 59.1 Å². The Morgan fingerprint density at radius 2 is 2.00 bits per heavy atom. The first kappa shape index (κ1) is 8.94. The molecular formula is C6H9O4. The molecule has 0 rings (SSSR count). The number of ether oxygens (including phenoxy) is 2. The normalized spacial score (nSPS) is 8.60. The number of carbonyl (C=O) groups is 2. The third-order valence-corrected chi connectivity index (χ3v) is 0.723. The van der Waals surface area contributed by atoms with Gasteiger partial charge in [-0.25, -0.2) is 0 Å². The summed E-state index contributed by atoms with van der Waals surface area (Å²) in [6.07, 6.45) is 0.753. The molecule has 0 aromatic carbocycles. The standard InChI is InChI=1S/C6H9O4/c1-3-10-6(8)4-5(7)9-2/h4H,3H2,1-2H3. The molecule has 4 heteroatoms. The second-order valence-electron chi connectivity index (χ2n) is 1.42. The van der Waals surface area contributed by atoms with Crippen LogP contribution < -0.4 is 0 Å². The van der Waals surface area contributed by atoms with E-state index < -0.39 is 11.9 Å². The van der Waals surface area contributed by atoms with Crippen LogP contribution in [-0.2, 0) is 19.1 Å². The summed E-state index contributed by atoms with van der Waals surface area (Å²) in [7, 11) is 1.19. The Morgan fingerprint density at radius 1 is 1.40 bits per heavy atom. The quantitative estimate of drug-likeness (QED) is 0.412. The van der Waals surface area contributed by atoms with Gasteiger partial charge < -0.3 is 9.47 Å².